The van der Waals surface area contributed by atoms with Crippen LogP contribution in [-0.2, 0) is 10.0 Å². The molecule has 1 fully saturated rings. The van der Waals surface area contributed by atoms with Gasteiger partial charge in [0.15, 0.2) is 0 Å². The number of benzene rings is 3. The summed E-state index contributed by atoms with van der Waals surface area (Å²) in [5, 5.41) is 0. The Balaban J connectivity index is 1.53. The molecule has 0 unspecified atom stereocenters. The monoisotopic (exact) mass is 507 g/mol. The van der Waals surface area contributed by atoms with Crippen LogP contribution in [0.25, 0.3) is 0 Å². The summed E-state index contributed by atoms with van der Waals surface area (Å²) in [5.41, 5.74) is 2.77. The molecule has 0 radical (unpaired) electrons. The van der Waals surface area contributed by atoms with E-state index in [2.05, 4.69) is 58.2 Å². The summed E-state index contributed by atoms with van der Waals surface area (Å²) in [7, 11) is -3.79. The van der Waals surface area contributed by atoms with Crippen molar-refractivity contribution in [2.24, 2.45) is 0 Å². The predicted molar refractivity (Wildman–Crippen MR) is 141 cm³/mol. The van der Waals surface area contributed by atoms with Crippen LogP contribution in [-0.4, -0.2) is 63.5 Å². The van der Waals surface area contributed by atoms with Gasteiger partial charge in [0, 0.05) is 38.3 Å². The first kappa shape index (κ1) is 25.9. The van der Waals surface area contributed by atoms with Crippen LogP contribution in [0.5, 0.6) is 5.75 Å². The second kappa shape index (κ2) is 11.7. The zero-order valence-corrected chi connectivity index (χ0v) is 21.6. The molecular formula is C28H33N3O4S. The maximum absolute atomic E-state index is 13.4. The zero-order valence-electron chi connectivity index (χ0n) is 20.8. The first-order chi connectivity index (χ1) is 17.4. The molecule has 1 amide bonds. The van der Waals surface area contributed by atoms with Gasteiger partial charge in [-0.05, 0) is 36.2 Å². The van der Waals surface area contributed by atoms with Crippen LogP contribution in [0.15, 0.2) is 83.8 Å². The van der Waals surface area contributed by atoms with Gasteiger partial charge in [0.05, 0.1) is 12.6 Å². The summed E-state index contributed by atoms with van der Waals surface area (Å²) in [6.45, 7) is 6.60. The van der Waals surface area contributed by atoms with Gasteiger partial charge in [-0.25, -0.2) is 13.1 Å². The van der Waals surface area contributed by atoms with Gasteiger partial charge in [-0.15, -0.1) is 0 Å². The Hall–Kier alpha value is -3.20. The molecule has 0 saturated carbocycles. The van der Waals surface area contributed by atoms with E-state index in [4.69, 9.17) is 4.74 Å². The van der Waals surface area contributed by atoms with Crippen molar-refractivity contribution in [2.45, 2.75) is 24.8 Å². The van der Waals surface area contributed by atoms with E-state index in [0.717, 1.165) is 0 Å². The number of hydrogen-bond acceptors (Lipinski definition) is 5. The third-order valence-electron chi connectivity index (χ3n) is 6.31. The summed E-state index contributed by atoms with van der Waals surface area (Å²) >= 11 is 0. The van der Waals surface area contributed by atoms with E-state index in [1.165, 1.54) is 17.2 Å². The summed E-state index contributed by atoms with van der Waals surface area (Å²) in [6, 6.07) is 25.5. The van der Waals surface area contributed by atoms with Crippen molar-refractivity contribution < 1.29 is 17.9 Å². The summed E-state index contributed by atoms with van der Waals surface area (Å²) in [5.74, 6) is 0.0648. The molecule has 4 rings (SSSR count). The van der Waals surface area contributed by atoms with Crippen molar-refractivity contribution in [1.29, 1.82) is 0 Å². The third kappa shape index (κ3) is 5.78. The molecule has 8 heteroatoms. The lowest BCUT2D eigenvalue weighted by atomic mass is 9.96. The van der Waals surface area contributed by atoms with E-state index in [-0.39, 0.29) is 29.1 Å². The number of carbonyl (C=O) groups excluding carboxylic acids is 1. The van der Waals surface area contributed by atoms with Crippen molar-refractivity contribution in [1.82, 2.24) is 14.5 Å². The number of piperazine rings is 1. The van der Waals surface area contributed by atoms with Crippen molar-refractivity contribution in [3.8, 4) is 5.75 Å². The molecule has 36 heavy (non-hydrogen) atoms. The Kier molecular flexibility index (Phi) is 8.40. The molecular weight excluding hydrogens is 474 g/mol. The molecule has 0 bridgehead atoms. The van der Waals surface area contributed by atoms with Crippen LogP contribution in [0, 0.1) is 0 Å². The minimum Gasteiger partial charge on any atom is -0.492 e. The van der Waals surface area contributed by atoms with E-state index in [1.54, 1.807) is 30.9 Å². The Morgan fingerprint density at radius 2 is 1.47 bits per heavy atom. The molecule has 7 nitrogen and oxygen atoms in total. The van der Waals surface area contributed by atoms with Crippen molar-refractivity contribution >= 4 is 15.9 Å². The minimum absolute atomic E-state index is 0.0103. The lowest BCUT2D eigenvalue weighted by molar-refractivity contribution is 0.0597. The second-order valence-electron chi connectivity index (χ2n) is 8.65. The van der Waals surface area contributed by atoms with Crippen LogP contribution in [0.3, 0.4) is 0 Å². The molecule has 3 aromatic rings. The standard InChI is InChI=1S/C28H33N3O4S/c1-3-29-36(33,34)26-21-24(15-16-25(26)35-4-2)28(32)31-19-17-30(18-20-31)27(22-11-7-5-8-12-22)23-13-9-6-10-14-23/h5-16,21,27,29H,3-4,17-20H2,1-2H3. The van der Waals surface area contributed by atoms with Crippen LogP contribution < -0.4 is 9.46 Å². The highest BCUT2D eigenvalue weighted by Crippen LogP contribution is 2.30. The normalized spacial score (nSPS) is 14.7. The number of nitrogens with one attached hydrogen (secondary N) is 1. The van der Waals surface area contributed by atoms with Crippen molar-refractivity contribution in [3.63, 3.8) is 0 Å². The molecule has 3 aromatic carbocycles. The fourth-order valence-electron chi connectivity index (χ4n) is 4.64. The Morgan fingerprint density at radius 3 is 2.00 bits per heavy atom. The number of carbonyl (C=O) groups is 1. The highest BCUT2D eigenvalue weighted by Gasteiger charge is 2.29. The number of sulfonamides is 1. The number of amides is 1. The molecule has 0 aliphatic carbocycles. The van der Waals surface area contributed by atoms with E-state index in [0.29, 0.717) is 38.3 Å². The molecule has 1 aliphatic rings. The van der Waals surface area contributed by atoms with E-state index >= 15 is 0 Å². The lowest BCUT2D eigenvalue weighted by Crippen LogP contribution is -2.49. The van der Waals surface area contributed by atoms with Gasteiger partial charge in [-0.1, -0.05) is 67.6 Å². The third-order valence-corrected chi connectivity index (χ3v) is 7.88. The quantitative estimate of drug-likeness (QED) is 0.475. The van der Waals surface area contributed by atoms with Crippen LogP contribution in [0.2, 0.25) is 0 Å². The van der Waals surface area contributed by atoms with E-state index in [9.17, 15) is 13.2 Å². The molecule has 0 aromatic heterocycles. The molecule has 190 valence electrons. The maximum Gasteiger partial charge on any atom is 0.253 e. The van der Waals surface area contributed by atoms with Gasteiger partial charge >= 0.3 is 0 Å². The van der Waals surface area contributed by atoms with E-state index < -0.39 is 10.0 Å². The topological polar surface area (TPSA) is 79.0 Å². The minimum atomic E-state index is -3.79. The molecule has 0 spiro atoms. The average Bonchev–Trinajstić information content (AvgIpc) is 2.90. The van der Waals surface area contributed by atoms with Gasteiger partial charge in [-0.2, -0.15) is 0 Å². The van der Waals surface area contributed by atoms with Gasteiger partial charge in [0.2, 0.25) is 10.0 Å². The smallest absolute Gasteiger partial charge is 0.253 e. The zero-order chi connectivity index (χ0) is 25.5. The summed E-state index contributed by atoms with van der Waals surface area (Å²) in [4.78, 5) is 17.6. The second-order valence-corrected chi connectivity index (χ2v) is 10.4. The molecule has 1 N–H and O–H groups in total. The van der Waals surface area contributed by atoms with Crippen LogP contribution >= 0.6 is 0 Å². The first-order valence-electron chi connectivity index (χ1n) is 12.3. The fourth-order valence-corrected chi connectivity index (χ4v) is 5.85. The predicted octanol–water partition coefficient (Wildman–Crippen LogP) is 3.93. The Bertz CT molecular complexity index is 1220. The van der Waals surface area contributed by atoms with Gasteiger partial charge in [-0.3, -0.25) is 9.69 Å². The van der Waals surface area contributed by atoms with Crippen LogP contribution in [0.4, 0.5) is 0 Å². The average molecular weight is 508 g/mol. The Morgan fingerprint density at radius 1 is 0.889 bits per heavy atom. The largest absolute Gasteiger partial charge is 0.492 e. The lowest BCUT2D eigenvalue weighted by Gasteiger charge is -2.39. The number of rotatable bonds is 9. The van der Waals surface area contributed by atoms with Crippen LogP contribution in [0.1, 0.15) is 41.4 Å². The Labute approximate surface area is 213 Å². The highest BCUT2D eigenvalue weighted by molar-refractivity contribution is 7.89. The number of ether oxygens (including phenoxy) is 1. The first-order valence-corrected chi connectivity index (χ1v) is 13.8. The number of hydrogen-bond donors (Lipinski definition) is 1. The van der Waals surface area contributed by atoms with Crippen molar-refractivity contribution in [3.05, 3.63) is 95.6 Å². The summed E-state index contributed by atoms with van der Waals surface area (Å²) in [6.07, 6.45) is 0. The van der Waals surface area contributed by atoms with Gasteiger partial charge in [0.1, 0.15) is 10.6 Å². The molecule has 1 aliphatic heterocycles. The van der Waals surface area contributed by atoms with Crippen molar-refractivity contribution in [2.75, 3.05) is 39.3 Å². The SMILES string of the molecule is CCNS(=O)(=O)c1cc(C(=O)N2CCN(C(c3ccccc3)c3ccccc3)CC2)ccc1OCC. The van der Waals surface area contributed by atoms with E-state index in [1.807, 2.05) is 12.1 Å². The maximum atomic E-state index is 13.4. The number of nitrogens with zero attached hydrogens (tertiary/aromatic N) is 2. The molecule has 1 saturated heterocycles. The van der Waals surface area contributed by atoms with Gasteiger partial charge < -0.3 is 9.64 Å². The molecule has 1 heterocycles. The molecule has 0 atom stereocenters. The summed E-state index contributed by atoms with van der Waals surface area (Å²) < 4.78 is 33.5. The highest BCUT2D eigenvalue weighted by atomic mass is 32.2. The fraction of sp³-hybridized carbons (Fsp3) is 0.321. The van der Waals surface area contributed by atoms with Gasteiger partial charge in [0.25, 0.3) is 5.91 Å².